The molecule has 150 valence electrons. The van der Waals surface area contributed by atoms with E-state index in [-0.39, 0.29) is 11.7 Å². The first-order valence-corrected chi connectivity index (χ1v) is 9.64. The van der Waals surface area contributed by atoms with Gasteiger partial charge in [0.1, 0.15) is 5.60 Å². The number of carbonyl (C=O) groups excluding carboxylic acids is 2. The average molecular weight is 405 g/mol. The van der Waals surface area contributed by atoms with Gasteiger partial charge in [-0.3, -0.25) is 4.90 Å². The fourth-order valence-electron chi connectivity index (χ4n) is 2.96. The van der Waals surface area contributed by atoms with Gasteiger partial charge >= 0.3 is 12.0 Å². The summed E-state index contributed by atoms with van der Waals surface area (Å²) in [7, 11) is 0. The minimum atomic E-state index is -0.606. The van der Waals surface area contributed by atoms with Crippen LogP contribution in [0.1, 0.15) is 36.8 Å². The Kier molecular flexibility index (Phi) is 6.05. The third-order valence-electron chi connectivity index (χ3n) is 4.36. The molecule has 3 rings (SSSR count). The average Bonchev–Trinajstić information content (AvgIpc) is 3.13. The zero-order valence-corrected chi connectivity index (χ0v) is 17.1. The van der Waals surface area contributed by atoms with Gasteiger partial charge < -0.3 is 9.64 Å². The summed E-state index contributed by atoms with van der Waals surface area (Å²) in [4.78, 5) is 28.8. The Bertz CT molecular complexity index is 834. The molecule has 0 N–H and O–H groups in total. The topological polar surface area (TPSA) is 67.7 Å². The van der Waals surface area contributed by atoms with Crippen molar-refractivity contribution in [3.05, 3.63) is 52.8 Å². The van der Waals surface area contributed by atoms with Crippen molar-refractivity contribution in [2.24, 2.45) is 0 Å². The molecule has 0 radical (unpaired) electrons. The highest BCUT2D eigenvalue weighted by atomic mass is 35.5. The van der Waals surface area contributed by atoms with Gasteiger partial charge in [0.15, 0.2) is 5.69 Å². The molecule has 1 aromatic heterocycles. The molecule has 1 aliphatic heterocycles. The zero-order chi connectivity index (χ0) is 20.3. The molecule has 0 spiro atoms. The standard InChI is InChI=1S/C20H25ClN4O3/c1-20(2,3)28-18(26)17-8-9-25(22-17)19(27)24-12-10-23(11-13-24)14-15-4-6-16(21)7-5-15/h4-9H,10-14H2,1-3H3. The number of benzene rings is 1. The second kappa shape index (κ2) is 8.32. The largest absolute Gasteiger partial charge is 0.455 e. The lowest BCUT2D eigenvalue weighted by molar-refractivity contribution is 0.00623. The van der Waals surface area contributed by atoms with Crippen molar-refractivity contribution in [2.45, 2.75) is 32.9 Å². The number of halogens is 1. The van der Waals surface area contributed by atoms with Crippen LogP contribution in [0.25, 0.3) is 0 Å². The second-order valence-corrected chi connectivity index (χ2v) is 8.26. The number of esters is 1. The lowest BCUT2D eigenvalue weighted by atomic mass is 10.2. The monoisotopic (exact) mass is 404 g/mol. The molecular weight excluding hydrogens is 380 g/mol. The third kappa shape index (κ3) is 5.33. The van der Waals surface area contributed by atoms with Crippen molar-refractivity contribution in [3.8, 4) is 0 Å². The second-order valence-electron chi connectivity index (χ2n) is 7.82. The lowest BCUT2D eigenvalue weighted by Crippen LogP contribution is -2.49. The minimum Gasteiger partial charge on any atom is -0.455 e. The first-order chi connectivity index (χ1) is 13.2. The van der Waals surface area contributed by atoms with E-state index < -0.39 is 11.6 Å². The van der Waals surface area contributed by atoms with Gasteiger partial charge in [-0.1, -0.05) is 23.7 Å². The summed E-state index contributed by atoms with van der Waals surface area (Å²) in [5, 5.41) is 4.82. The highest BCUT2D eigenvalue weighted by Gasteiger charge is 2.25. The lowest BCUT2D eigenvalue weighted by Gasteiger charge is -2.34. The molecule has 0 atom stereocenters. The molecule has 0 bridgehead atoms. The van der Waals surface area contributed by atoms with E-state index in [0.717, 1.165) is 24.7 Å². The zero-order valence-electron chi connectivity index (χ0n) is 16.4. The number of nitrogens with zero attached hydrogens (tertiary/aromatic N) is 4. The predicted molar refractivity (Wildman–Crippen MR) is 106 cm³/mol. The Hall–Kier alpha value is -2.38. The van der Waals surface area contributed by atoms with Crippen LogP contribution in [-0.4, -0.2) is 63.4 Å². The van der Waals surface area contributed by atoms with Crippen molar-refractivity contribution < 1.29 is 14.3 Å². The molecule has 1 amide bonds. The SMILES string of the molecule is CC(C)(C)OC(=O)c1ccn(C(=O)N2CCN(Cc3ccc(Cl)cc3)CC2)n1. The van der Waals surface area contributed by atoms with Crippen molar-refractivity contribution in [1.29, 1.82) is 0 Å². The molecule has 8 heteroatoms. The fourth-order valence-corrected chi connectivity index (χ4v) is 3.09. The molecule has 2 aromatic rings. The van der Waals surface area contributed by atoms with E-state index in [9.17, 15) is 9.59 Å². The molecule has 2 heterocycles. The minimum absolute atomic E-state index is 0.129. The van der Waals surface area contributed by atoms with Crippen molar-refractivity contribution >= 4 is 23.6 Å². The van der Waals surface area contributed by atoms with Crippen molar-refractivity contribution in [1.82, 2.24) is 19.6 Å². The maximum Gasteiger partial charge on any atom is 0.359 e. The number of hydrogen-bond acceptors (Lipinski definition) is 5. The molecule has 1 aliphatic rings. The van der Waals surface area contributed by atoms with E-state index in [0.29, 0.717) is 13.1 Å². The summed E-state index contributed by atoms with van der Waals surface area (Å²) in [6.07, 6.45) is 1.50. The summed E-state index contributed by atoms with van der Waals surface area (Å²) >= 11 is 5.92. The van der Waals surface area contributed by atoms with Gasteiger partial charge in [-0.25, -0.2) is 9.59 Å². The van der Waals surface area contributed by atoms with Gasteiger partial charge in [-0.2, -0.15) is 9.78 Å². The van der Waals surface area contributed by atoms with Gasteiger partial charge in [0.05, 0.1) is 0 Å². The van der Waals surface area contributed by atoms with Gasteiger partial charge in [0.2, 0.25) is 0 Å². The van der Waals surface area contributed by atoms with E-state index in [4.69, 9.17) is 16.3 Å². The van der Waals surface area contributed by atoms with Crippen LogP contribution in [0.4, 0.5) is 4.79 Å². The van der Waals surface area contributed by atoms with E-state index in [1.54, 1.807) is 25.7 Å². The van der Waals surface area contributed by atoms with Gasteiger partial charge in [-0.05, 0) is 44.5 Å². The molecule has 28 heavy (non-hydrogen) atoms. The van der Waals surface area contributed by atoms with Crippen LogP contribution in [0.2, 0.25) is 5.02 Å². The summed E-state index contributed by atoms with van der Waals surface area (Å²) in [6, 6.07) is 9.07. The molecule has 7 nitrogen and oxygen atoms in total. The van der Waals surface area contributed by atoms with Crippen LogP contribution in [0, 0.1) is 0 Å². The number of amides is 1. The number of piperazine rings is 1. The maximum atomic E-state index is 12.7. The third-order valence-corrected chi connectivity index (χ3v) is 4.61. The molecular formula is C20H25ClN4O3. The molecule has 0 unspecified atom stereocenters. The van der Waals surface area contributed by atoms with Crippen molar-refractivity contribution in [2.75, 3.05) is 26.2 Å². The first-order valence-electron chi connectivity index (χ1n) is 9.26. The number of hydrogen-bond donors (Lipinski definition) is 0. The van der Waals surface area contributed by atoms with Gasteiger partial charge in [0, 0.05) is 43.9 Å². The first kappa shape index (κ1) is 20.4. The Labute approximate surface area is 169 Å². The van der Waals surface area contributed by atoms with E-state index >= 15 is 0 Å². The summed E-state index contributed by atoms with van der Waals surface area (Å²) < 4.78 is 6.49. The molecule has 1 saturated heterocycles. The molecule has 1 aromatic carbocycles. The Morgan fingerprint density at radius 2 is 1.71 bits per heavy atom. The molecule has 0 aliphatic carbocycles. The van der Waals surface area contributed by atoms with E-state index in [1.165, 1.54) is 22.5 Å². The Balaban J connectivity index is 1.54. The van der Waals surface area contributed by atoms with Crippen LogP contribution >= 0.6 is 11.6 Å². The Morgan fingerprint density at radius 1 is 1.07 bits per heavy atom. The molecule has 1 fully saturated rings. The number of ether oxygens (including phenoxy) is 1. The summed E-state index contributed by atoms with van der Waals surface area (Å²) in [6.45, 7) is 8.94. The normalized spacial score (nSPS) is 15.5. The quantitative estimate of drug-likeness (QED) is 0.734. The van der Waals surface area contributed by atoms with E-state index in [2.05, 4.69) is 10.00 Å². The van der Waals surface area contributed by atoms with Crippen LogP contribution in [0.5, 0.6) is 0 Å². The highest BCUT2D eigenvalue weighted by molar-refractivity contribution is 6.30. The summed E-state index contributed by atoms with van der Waals surface area (Å²) in [5.74, 6) is -0.535. The number of rotatable bonds is 3. The fraction of sp³-hybridized carbons (Fsp3) is 0.450. The molecule has 0 saturated carbocycles. The number of carbonyl (C=O) groups is 2. The Morgan fingerprint density at radius 3 is 2.32 bits per heavy atom. The van der Waals surface area contributed by atoms with Crippen LogP contribution < -0.4 is 0 Å². The smallest absolute Gasteiger partial charge is 0.359 e. The van der Waals surface area contributed by atoms with Crippen molar-refractivity contribution in [3.63, 3.8) is 0 Å². The number of aromatic nitrogens is 2. The predicted octanol–water partition coefficient (Wildman–Crippen LogP) is 3.28. The van der Waals surface area contributed by atoms with Crippen LogP contribution in [0.3, 0.4) is 0 Å². The van der Waals surface area contributed by atoms with Gasteiger partial charge in [0.25, 0.3) is 0 Å². The highest BCUT2D eigenvalue weighted by Crippen LogP contribution is 2.14. The van der Waals surface area contributed by atoms with Crippen LogP contribution in [-0.2, 0) is 11.3 Å². The summed E-state index contributed by atoms with van der Waals surface area (Å²) in [5.41, 5.74) is 0.716. The van der Waals surface area contributed by atoms with Gasteiger partial charge in [-0.15, -0.1) is 0 Å². The maximum absolute atomic E-state index is 12.7. The van der Waals surface area contributed by atoms with Crippen LogP contribution in [0.15, 0.2) is 36.5 Å². The van der Waals surface area contributed by atoms with E-state index in [1.807, 2.05) is 24.3 Å².